The Balaban J connectivity index is 4.29. The maximum atomic E-state index is 12.1. The smallest absolute Gasteiger partial charge is 0.287 e. The van der Waals surface area contributed by atoms with Crippen molar-refractivity contribution < 1.29 is 30.7 Å². The van der Waals surface area contributed by atoms with Crippen LogP contribution in [0.15, 0.2) is 0 Å². The van der Waals surface area contributed by atoms with Gasteiger partial charge in [0.15, 0.2) is 0 Å². The molecule has 0 radical (unpaired) electrons. The summed E-state index contributed by atoms with van der Waals surface area (Å²) in [7, 11) is -7.33. The Bertz CT molecular complexity index is 356. The highest BCUT2D eigenvalue weighted by atomic mass is 32.2. The van der Waals surface area contributed by atoms with E-state index in [0.717, 1.165) is 0 Å². The topological polar surface area (TPSA) is 88.1 Å². The van der Waals surface area contributed by atoms with Crippen molar-refractivity contribution in [1.29, 1.82) is 0 Å². The lowest BCUT2D eigenvalue weighted by Gasteiger charge is -2.17. The van der Waals surface area contributed by atoms with E-state index in [1.54, 1.807) is 6.92 Å². The third-order valence-electron chi connectivity index (χ3n) is 1.79. The number of hydrogen-bond acceptors (Lipinski definition) is 7. The molecule has 19 heavy (non-hydrogen) atoms. The Morgan fingerprint density at radius 3 is 1.79 bits per heavy atom. The third kappa shape index (κ3) is 9.54. The molecular weight excluding hydrogens is 295 g/mol. The zero-order valence-electron chi connectivity index (χ0n) is 11.7. The summed E-state index contributed by atoms with van der Waals surface area (Å²) in [6.45, 7) is 5.47. The summed E-state index contributed by atoms with van der Waals surface area (Å²) in [4.78, 5) is 0. The molecule has 0 aliphatic carbocycles. The van der Waals surface area contributed by atoms with E-state index < -0.39 is 23.7 Å². The van der Waals surface area contributed by atoms with E-state index in [1.165, 1.54) is 0 Å². The molecule has 0 rings (SSSR count). The fraction of sp³-hybridized carbons (Fsp3) is 1.00. The van der Waals surface area contributed by atoms with Crippen LogP contribution < -0.4 is 0 Å². The van der Waals surface area contributed by atoms with Gasteiger partial charge in [0.05, 0.1) is 32.2 Å². The van der Waals surface area contributed by atoms with Gasteiger partial charge in [-0.15, -0.1) is 0 Å². The highest BCUT2D eigenvalue weighted by Gasteiger charge is 2.27. The minimum atomic E-state index is -3.68. The molecule has 0 aromatic heterocycles. The molecule has 9 heteroatoms. The summed E-state index contributed by atoms with van der Waals surface area (Å²) in [5.41, 5.74) is 0. The molecular formula is C10H23O7PS. The van der Waals surface area contributed by atoms with Gasteiger partial charge in [0.1, 0.15) is 0 Å². The van der Waals surface area contributed by atoms with Gasteiger partial charge in [-0.3, -0.25) is 17.8 Å². The number of rotatable bonds is 12. The van der Waals surface area contributed by atoms with Crippen LogP contribution in [0.2, 0.25) is 0 Å². The van der Waals surface area contributed by atoms with E-state index in [-0.39, 0.29) is 26.4 Å². The lowest BCUT2D eigenvalue weighted by Crippen LogP contribution is -2.15. The molecule has 0 aliphatic rings. The molecule has 0 aliphatic heterocycles. The molecule has 0 atom stereocenters. The van der Waals surface area contributed by atoms with Gasteiger partial charge < -0.3 is 0 Å². The Morgan fingerprint density at radius 1 is 0.895 bits per heavy atom. The van der Waals surface area contributed by atoms with Crippen LogP contribution >= 0.6 is 7.82 Å². The second-order valence-electron chi connectivity index (χ2n) is 3.62. The van der Waals surface area contributed by atoms with E-state index in [2.05, 4.69) is 4.18 Å². The zero-order valence-corrected chi connectivity index (χ0v) is 13.4. The monoisotopic (exact) mass is 318 g/mol. The van der Waals surface area contributed by atoms with Crippen molar-refractivity contribution in [1.82, 2.24) is 0 Å². The Labute approximate surface area is 115 Å². The van der Waals surface area contributed by atoms with E-state index in [1.807, 2.05) is 13.8 Å². The highest BCUT2D eigenvalue weighted by molar-refractivity contribution is 7.86. The van der Waals surface area contributed by atoms with E-state index >= 15 is 0 Å². The van der Waals surface area contributed by atoms with Gasteiger partial charge in [0.25, 0.3) is 10.1 Å². The molecule has 0 aromatic carbocycles. The molecule has 0 saturated heterocycles. The first kappa shape index (κ1) is 19.0. The first-order chi connectivity index (χ1) is 8.89. The van der Waals surface area contributed by atoms with Crippen molar-refractivity contribution in [2.24, 2.45) is 0 Å². The van der Waals surface area contributed by atoms with Crippen molar-refractivity contribution in [3.8, 4) is 0 Å². The molecule has 0 bridgehead atoms. The standard InChI is InChI=1S/C10H23O7PS/c1-4-7-14-18(11,15-8-5-2)16-9-10-19(12,13)17-6-3/h4-10H2,1-3H3. The predicted octanol–water partition coefficient (Wildman–Crippen LogP) is 2.33. The van der Waals surface area contributed by atoms with Crippen molar-refractivity contribution in [2.75, 3.05) is 32.2 Å². The van der Waals surface area contributed by atoms with Crippen LogP contribution in [-0.2, 0) is 32.4 Å². The van der Waals surface area contributed by atoms with Gasteiger partial charge in [-0.05, 0) is 19.8 Å². The Morgan fingerprint density at radius 2 is 1.37 bits per heavy atom. The van der Waals surface area contributed by atoms with Crippen LogP contribution in [0.25, 0.3) is 0 Å². The second-order valence-corrected chi connectivity index (χ2v) is 7.04. The van der Waals surface area contributed by atoms with Crippen LogP contribution in [0.1, 0.15) is 33.6 Å². The van der Waals surface area contributed by atoms with E-state index in [4.69, 9.17) is 13.6 Å². The van der Waals surface area contributed by atoms with Crippen LogP contribution in [0.4, 0.5) is 0 Å². The Kier molecular flexibility index (Phi) is 9.86. The number of phosphoric ester groups is 1. The van der Waals surface area contributed by atoms with Gasteiger partial charge in [-0.1, -0.05) is 13.8 Å². The minimum absolute atomic E-state index is 0.0542. The molecule has 0 N–H and O–H groups in total. The summed E-state index contributed by atoms with van der Waals surface area (Å²) in [5.74, 6) is -0.393. The van der Waals surface area contributed by atoms with Gasteiger partial charge in [0.2, 0.25) is 0 Å². The van der Waals surface area contributed by atoms with Gasteiger partial charge >= 0.3 is 7.82 Å². The zero-order chi connectivity index (χ0) is 14.8. The largest absolute Gasteiger partial charge is 0.474 e. The normalized spacial score (nSPS) is 12.8. The van der Waals surface area contributed by atoms with Crippen LogP contribution in [0.5, 0.6) is 0 Å². The van der Waals surface area contributed by atoms with Gasteiger partial charge in [-0.25, -0.2) is 4.57 Å². The SMILES string of the molecule is CCCOP(=O)(OCCC)OCCS(=O)(=O)OCC. The summed E-state index contributed by atoms with van der Waals surface area (Å²) in [6.07, 6.45) is 1.31. The quantitative estimate of drug-likeness (QED) is 0.403. The molecule has 0 spiro atoms. The summed E-state index contributed by atoms with van der Waals surface area (Å²) < 4.78 is 54.2. The van der Waals surface area contributed by atoms with Crippen LogP contribution in [0, 0.1) is 0 Å². The van der Waals surface area contributed by atoms with Crippen molar-refractivity contribution in [3.05, 3.63) is 0 Å². The first-order valence-electron chi connectivity index (χ1n) is 6.29. The predicted molar refractivity (Wildman–Crippen MR) is 71.5 cm³/mol. The fourth-order valence-corrected chi connectivity index (χ4v) is 3.25. The van der Waals surface area contributed by atoms with Gasteiger partial charge in [-0.2, -0.15) is 8.42 Å². The molecule has 0 aromatic rings. The second kappa shape index (κ2) is 9.85. The molecule has 0 fully saturated rings. The minimum Gasteiger partial charge on any atom is -0.287 e. The van der Waals surface area contributed by atoms with Crippen LogP contribution in [-0.4, -0.2) is 40.6 Å². The van der Waals surface area contributed by atoms with Gasteiger partial charge in [0, 0.05) is 0 Å². The van der Waals surface area contributed by atoms with E-state index in [9.17, 15) is 13.0 Å². The van der Waals surface area contributed by atoms with Crippen LogP contribution in [0.3, 0.4) is 0 Å². The molecule has 0 amide bonds. The maximum Gasteiger partial charge on any atom is 0.474 e. The number of phosphoric acid groups is 1. The lowest BCUT2D eigenvalue weighted by molar-refractivity contribution is 0.117. The fourth-order valence-electron chi connectivity index (χ4n) is 1.01. The van der Waals surface area contributed by atoms with E-state index in [0.29, 0.717) is 12.8 Å². The number of hydrogen-bond donors (Lipinski definition) is 0. The van der Waals surface area contributed by atoms with Crippen molar-refractivity contribution in [3.63, 3.8) is 0 Å². The maximum absolute atomic E-state index is 12.1. The molecule has 0 saturated carbocycles. The molecule has 116 valence electrons. The summed E-state index contributed by atoms with van der Waals surface area (Å²) >= 11 is 0. The lowest BCUT2D eigenvalue weighted by atomic mass is 10.5. The summed E-state index contributed by atoms with van der Waals surface area (Å²) in [5, 5.41) is 0. The molecule has 0 heterocycles. The first-order valence-corrected chi connectivity index (χ1v) is 9.33. The average Bonchev–Trinajstić information content (AvgIpc) is 2.34. The van der Waals surface area contributed by atoms with Crippen molar-refractivity contribution >= 4 is 17.9 Å². The molecule has 7 nitrogen and oxygen atoms in total. The highest BCUT2D eigenvalue weighted by Crippen LogP contribution is 2.49. The Hall–Kier alpha value is 0.0200. The third-order valence-corrected chi connectivity index (χ3v) is 4.55. The molecule has 0 unspecified atom stereocenters. The van der Waals surface area contributed by atoms with Crippen molar-refractivity contribution in [2.45, 2.75) is 33.6 Å². The average molecular weight is 318 g/mol. The summed E-state index contributed by atoms with van der Waals surface area (Å²) in [6, 6.07) is 0.